The molecule has 106 valence electrons. The van der Waals surface area contributed by atoms with Gasteiger partial charge in [-0.2, -0.15) is 0 Å². The second kappa shape index (κ2) is 7.11. The number of aryl methyl sites for hydroxylation is 1. The van der Waals surface area contributed by atoms with E-state index < -0.39 is 0 Å². The number of benzene rings is 2. The molecule has 0 spiro atoms. The zero-order chi connectivity index (χ0) is 14.5. The van der Waals surface area contributed by atoms with E-state index in [1.165, 1.54) is 20.4 Å². The minimum absolute atomic E-state index is 0.370. The van der Waals surface area contributed by atoms with Crippen molar-refractivity contribution >= 4 is 28.3 Å². The second-order valence-corrected chi connectivity index (χ2v) is 6.94. The highest BCUT2D eigenvalue weighted by Crippen LogP contribution is 2.28. The summed E-state index contributed by atoms with van der Waals surface area (Å²) < 4.78 is 1.28. The third-order valence-electron chi connectivity index (χ3n) is 3.43. The van der Waals surface area contributed by atoms with Crippen LogP contribution in [0.15, 0.2) is 48.5 Å². The van der Waals surface area contributed by atoms with Gasteiger partial charge >= 0.3 is 0 Å². The first-order valence-corrected chi connectivity index (χ1v) is 8.21. The molecular weight excluding hydrogens is 357 g/mol. The summed E-state index contributed by atoms with van der Waals surface area (Å²) in [5.74, 6) is 0.664. The zero-order valence-corrected chi connectivity index (χ0v) is 14.5. The van der Waals surface area contributed by atoms with Crippen molar-refractivity contribution in [3.8, 4) is 0 Å². The molecule has 0 radical (unpaired) electrons. The highest BCUT2D eigenvalue weighted by molar-refractivity contribution is 14.1. The Morgan fingerprint density at radius 2 is 1.75 bits per heavy atom. The van der Waals surface area contributed by atoms with E-state index in [0.29, 0.717) is 12.0 Å². The van der Waals surface area contributed by atoms with Crippen LogP contribution in [-0.2, 0) is 0 Å². The summed E-state index contributed by atoms with van der Waals surface area (Å²) in [5.41, 5.74) is 3.90. The summed E-state index contributed by atoms with van der Waals surface area (Å²) in [5, 5.41) is 3.72. The van der Waals surface area contributed by atoms with Crippen LogP contribution in [0.4, 0.5) is 5.69 Å². The minimum Gasteiger partial charge on any atom is -0.378 e. The Hall–Kier alpha value is -1.03. The van der Waals surface area contributed by atoms with E-state index in [2.05, 4.69) is 97.2 Å². The van der Waals surface area contributed by atoms with Gasteiger partial charge in [0.2, 0.25) is 0 Å². The van der Waals surface area contributed by atoms with Gasteiger partial charge in [0, 0.05) is 9.26 Å². The van der Waals surface area contributed by atoms with Gasteiger partial charge in [0.25, 0.3) is 0 Å². The van der Waals surface area contributed by atoms with E-state index in [0.717, 1.165) is 6.42 Å². The van der Waals surface area contributed by atoms with Crippen LogP contribution in [0.5, 0.6) is 0 Å². The first-order valence-electron chi connectivity index (χ1n) is 7.14. The summed E-state index contributed by atoms with van der Waals surface area (Å²) in [7, 11) is 0. The summed E-state index contributed by atoms with van der Waals surface area (Å²) in [6.07, 6.45) is 1.13. The van der Waals surface area contributed by atoms with Crippen LogP contribution in [0.1, 0.15) is 37.4 Å². The molecule has 2 aromatic carbocycles. The van der Waals surface area contributed by atoms with Crippen LogP contribution in [0.25, 0.3) is 0 Å². The molecule has 0 aromatic heterocycles. The van der Waals surface area contributed by atoms with Crippen molar-refractivity contribution in [1.82, 2.24) is 0 Å². The third kappa shape index (κ3) is 4.23. The van der Waals surface area contributed by atoms with Gasteiger partial charge in [-0.3, -0.25) is 0 Å². The standard InChI is InChI=1S/C18H22IN/c1-13(2)11-18(15-7-5-4-6-8-15)20-17-10-9-16(19)12-14(17)3/h4-10,12-13,18,20H,11H2,1-3H3. The van der Waals surface area contributed by atoms with Crippen molar-refractivity contribution in [2.24, 2.45) is 5.92 Å². The average Bonchev–Trinajstić information content (AvgIpc) is 2.41. The lowest BCUT2D eigenvalue weighted by atomic mass is 9.96. The first kappa shape index (κ1) is 15.4. The lowest BCUT2D eigenvalue weighted by Crippen LogP contribution is -2.14. The predicted octanol–water partition coefficient (Wildman–Crippen LogP) is 5.80. The Morgan fingerprint density at radius 1 is 1.05 bits per heavy atom. The number of halogens is 1. The maximum absolute atomic E-state index is 3.72. The fourth-order valence-electron chi connectivity index (χ4n) is 2.41. The fourth-order valence-corrected chi connectivity index (χ4v) is 3.06. The second-order valence-electron chi connectivity index (χ2n) is 5.70. The van der Waals surface area contributed by atoms with Gasteiger partial charge in [-0.1, -0.05) is 44.2 Å². The van der Waals surface area contributed by atoms with Crippen molar-refractivity contribution < 1.29 is 0 Å². The van der Waals surface area contributed by atoms with Gasteiger partial charge in [-0.05, 0) is 71.2 Å². The molecule has 1 nitrogen and oxygen atoms in total. The van der Waals surface area contributed by atoms with Crippen LogP contribution in [-0.4, -0.2) is 0 Å². The van der Waals surface area contributed by atoms with Crippen LogP contribution < -0.4 is 5.32 Å². The molecule has 2 heteroatoms. The number of hydrogen-bond acceptors (Lipinski definition) is 1. The molecule has 0 saturated carbocycles. The lowest BCUT2D eigenvalue weighted by molar-refractivity contribution is 0.531. The Kier molecular flexibility index (Phi) is 5.46. The van der Waals surface area contributed by atoms with Crippen LogP contribution in [0.3, 0.4) is 0 Å². The molecule has 1 atom stereocenters. The normalized spacial score (nSPS) is 12.4. The molecule has 0 fully saturated rings. The molecule has 20 heavy (non-hydrogen) atoms. The van der Waals surface area contributed by atoms with E-state index in [-0.39, 0.29) is 0 Å². The monoisotopic (exact) mass is 379 g/mol. The average molecular weight is 379 g/mol. The number of nitrogens with one attached hydrogen (secondary N) is 1. The van der Waals surface area contributed by atoms with Gasteiger partial charge < -0.3 is 5.32 Å². The molecule has 0 aliphatic carbocycles. The van der Waals surface area contributed by atoms with Gasteiger partial charge in [-0.15, -0.1) is 0 Å². The van der Waals surface area contributed by atoms with Crippen molar-refractivity contribution in [3.63, 3.8) is 0 Å². The molecule has 2 rings (SSSR count). The van der Waals surface area contributed by atoms with E-state index in [1.54, 1.807) is 0 Å². The zero-order valence-electron chi connectivity index (χ0n) is 12.4. The van der Waals surface area contributed by atoms with Gasteiger partial charge in [0.05, 0.1) is 6.04 Å². The highest BCUT2D eigenvalue weighted by Gasteiger charge is 2.14. The molecule has 1 unspecified atom stereocenters. The molecule has 0 heterocycles. The van der Waals surface area contributed by atoms with Gasteiger partial charge in [-0.25, -0.2) is 0 Å². The Balaban J connectivity index is 2.24. The minimum atomic E-state index is 0.370. The van der Waals surface area contributed by atoms with Crippen LogP contribution in [0.2, 0.25) is 0 Å². The molecule has 0 aliphatic rings. The van der Waals surface area contributed by atoms with Gasteiger partial charge in [0.1, 0.15) is 0 Å². The quantitative estimate of drug-likeness (QED) is 0.648. The Bertz CT molecular complexity index is 549. The maximum Gasteiger partial charge on any atom is 0.0516 e. The Labute approximate surface area is 135 Å². The summed E-state index contributed by atoms with van der Waals surface area (Å²) in [6, 6.07) is 17.7. The first-order chi connectivity index (χ1) is 9.56. The number of hydrogen-bond donors (Lipinski definition) is 1. The molecular formula is C18H22IN. The van der Waals surface area contributed by atoms with E-state index in [1.807, 2.05) is 0 Å². The smallest absolute Gasteiger partial charge is 0.0516 e. The SMILES string of the molecule is Cc1cc(I)ccc1NC(CC(C)C)c1ccccc1. The molecule has 0 bridgehead atoms. The van der Waals surface area contributed by atoms with Crippen LogP contribution in [0, 0.1) is 16.4 Å². The molecule has 0 amide bonds. The highest BCUT2D eigenvalue weighted by atomic mass is 127. The maximum atomic E-state index is 3.72. The van der Waals surface area contributed by atoms with Gasteiger partial charge in [0.15, 0.2) is 0 Å². The van der Waals surface area contributed by atoms with E-state index in [4.69, 9.17) is 0 Å². The topological polar surface area (TPSA) is 12.0 Å². The molecule has 2 aromatic rings. The number of anilines is 1. The predicted molar refractivity (Wildman–Crippen MR) is 96.2 cm³/mol. The lowest BCUT2D eigenvalue weighted by Gasteiger charge is -2.23. The van der Waals surface area contributed by atoms with E-state index in [9.17, 15) is 0 Å². The van der Waals surface area contributed by atoms with Crippen molar-refractivity contribution in [2.75, 3.05) is 5.32 Å². The summed E-state index contributed by atoms with van der Waals surface area (Å²) >= 11 is 2.36. The largest absolute Gasteiger partial charge is 0.378 e. The molecule has 1 N–H and O–H groups in total. The fraction of sp³-hybridized carbons (Fsp3) is 0.333. The van der Waals surface area contributed by atoms with Crippen molar-refractivity contribution in [1.29, 1.82) is 0 Å². The summed E-state index contributed by atoms with van der Waals surface area (Å²) in [6.45, 7) is 6.72. The van der Waals surface area contributed by atoms with Crippen molar-refractivity contribution in [2.45, 2.75) is 33.2 Å². The molecule has 0 aliphatic heterocycles. The van der Waals surface area contributed by atoms with Crippen molar-refractivity contribution in [3.05, 3.63) is 63.2 Å². The third-order valence-corrected chi connectivity index (χ3v) is 4.10. The van der Waals surface area contributed by atoms with Crippen LogP contribution >= 0.6 is 22.6 Å². The summed E-state index contributed by atoms with van der Waals surface area (Å²) in [4.78, 5) is 0. The number of rotatable bonds is 5. The van der Waals surface area contributed by atoms with E-state index >= 15 is 0 Å². The Morgan fingerprint density at radius 3 is 2.35 bits per heavy atom. The molecule has 0 saturated heterocycles.